The molecule has 0 rings (SSSR count). The molecule has 0 radical (unpaired) electrons. The predicted molar refractivity (Wildman–Crippen MR) is 82.4 cm³/mol. The van der Waals surface area contributed by atoms with Gasteiger partial charge in [0.15, 0.2) is 0 Å². The van der Waals surface area contributed by atoms with Crippen LogP contribution in [0, 0.1) is 0 Å². The van der Waals surface area contributed by atoms with Gasteiger partial charge in [0.1, 0.15) is 0 Å². The van der Waals surface area contributed by atoms with Gasteiger partial charge in [-0.1, -0.05) is 27.7 Å². The summed E-state index contributed by atoms with van der Waals surface area (Å²) in [5.74, 6) is 0.273. The standard InChI is InChI=1S/C15H33N3O/c1-6-17(7-2)12-9-13-18(8-3)15(19)10-11-16-14(4)5/h14,16H,6-13H2,1-5H3. The fourth-order valence-corrected chi connectivity index (χ4v) is 2.11. The number of hydrogen-bond acceptors (Lipinski definition) is 3. The van der Waals surface area contributed by atoms with Crippen molar-refractivity contribution in [3.8, 4) is 0 Å². The molecule has 0 fully saturated rings. The maximum Gasteiger partial charge on any atom is 0.223 e. The quantitative estimate of drug-likeness (QED) is 0.624. The lowest BCUT2D eigenvalue weighted by atomic mass is 10.3. The van der Waals surface area contributed by atoms with Crippen LogP contribution in [0.2, 0.25) is 0 Å². The Balaban J connectivity index is 3.88. The molecule has 19 heavy (non-hydrogen) atoms. The largest absolute Gasteiger partial charge is 0.343 e. The average molecular weight is 271 g/mol. The van der Waals surface area contributed by atoms with Gasteiger partial charge in [0.05, 0.1) is 0 Å². The highest BCUT2D eigenvalue weighted by atomic mass is 16.2. The summed E-state index contributed by atoms with van der Waals surface area (Å²) >= 11 is 0. The van der Waals surface area contributed by atoms with Crippen molar-refractivity contribution < 1.29 is 4.79 Å². The lowest BCUT2D eigenvalue weighted by molar-refractivity contribution is -0.131. The molecule has 0 aliphatic heterocycles. The smallest absolute Gasteiger partial charge is 0.223 e. The Labute approximate surface area is 119 Å². The van der Waals surface area contributed by atoms with E-state index in [2.05, 4.69) is 44.8 Å². The zero-order valence-corrected chi connectivity index (χ0v) is 13.5. The van der Waals surface area contributed by atoms with Crippen LogP contribution >= 0.6 is 0 Å². The second-order valence-electron chi connectivity index (χ2n) is 5.21. The van der Waals surface area contributed by atoms with E-state index in [1.165, 1.54) is 0 Å². The fourth-order valence-electron chi connectivity index (χ4n) is 2.11. The van der Waals surface area contributed by atoms with E-state index in [1.54, 1.807) is 0 Å². The second kappa shape index (κ2) is 11.2. The molecule has 0 aliphatic carbocycles. The van der Waals surface area contributed by atoms with Gasteiger partial charge in [-0.15, -0.1) is 0 Å². The lowest BCUT2D eigenvalue weighted by Gasteiger charge is -2.24. The van der Waals surface area contributed by atoms with Gasteiger partial charge < -0.3 is 15.1 Å². The van der Waals surface area contributed by atoms with Crippen molar-refractivity contribution in [1.29, 1.82) is 0 Å². The van der Waals surface area contributed by atoms with Gasteiger partial charge in [-0.05, 0) is 33.0 Å². The van der Waals surface area contributed by atoms with E-state index in [0.29, 0.717) is 12.5 Å². The first kappa shape index (κ1) is 18.4. The Hall–Kier alpha value is -0.610. The zero-order valence-electron chi connectivity index (χ0n) is 13.5. The molecule has 0 bridgehead atoms. The maximum atomic E-state index is 12.0. The number of nitrogens with zero attached hydrogens (tertiary/aromatic N) is 2. The molecule has 0 aromatic rings. The first-order chi connectivity index (χ1) is 9.04. The highest BCUT2D eigenvalue weighted by Crippen LogP contribution is 1.98. The Bertz CT molecular complexity index is 227. The first-order valence-electron chi connectivity index (χ1n) is 7.78. The average Bonchev–Trinajstić information content (AvgIpc) is 2.38. The van der Waals surface area contributed by atoms with Gasteiger partial charge in [-0.25, -0.2) is 0 Å². The summed E-state index contributed by atoms with van der Waals surface area (Å²) in [6.45, 7) is 16.4. The molecule has 4 heteroatoms. The third-order valence-corrected chi connectivity index (χ3v) is 3.42. The molecule has 0 atom stereocenters. The summed E-state index contributed by atoms with van der Waals surface area (Å²) in [6.07, 6.45) is 1.68. The van der Waals surface area contributed by atoms with Crippen molar-refractivity contribution in [3.63, 3.8) is 0 Å². The van der Waals surface area contributed by atoms with Gasteiger partial charge in [-0.3, -0.25) is 4.79 Å². The van der Waals surface area contributed by atoms with Crippen molar-refractivity contribution >= 4 is 5.91 Å². The van der Waals surface area contributed by atoms with Crippen LogP contribution in [0.4, 0.5) is 0 Å². The number of hydrogen-bond donors (Lipinski definition) is 1. The van der Waals surface area contributed by atoms with Crippen LogP contribution in [0.15, 0.2) is 0 Å². The van der Waals surface area contributed by atoms with Crippen LogP contribution in [0.25, 0.3) is 0 Å². The van der Waals surface area contributed by atoms with E-state index in [0.717, 1.165) is 45.7 Å². The molecular formula is C15H33N3O. The van der Waals surface area contributed by atoms with Crippen molar-refractivity contribution in [3.05, 3.63) is 0 Å². The number of amides is 1. The Kier molecular flexibility index (Phi) is 10.9. The number of nitrogens with one attached hydrogen (secondary N) is 1. The molecule has 0 unspecified atom stereocenters. The first-order valence-corrected chi connectivity index (χ1v) is 7.78. The summed E-state index contributed by atoms with van der Waals surface area (Å²) in [7, 11) is 0. The van der Waals surface area contributed by atoms with E-state index in [1.807, 2.05) is 4.90 Å². The van der Waals surface area contributed by atoms with Crippen molar-refractivity contribution in [2.75, 3.05) is 39.3 Å². The molecule has 4 nitrogen and oxygen atoms in total. The number of carbonyl (C=O) groups is 1. The van der Waals surface area contributed by atoms with Gasteiger partial charge in [0.2, 0.25) is 5.91 Å². The monoisotopic (exact) mass is 271 g/mol. The molecule has 0 aromatic carbocycles. The van der Waals surface area contributed by atoms with Gasteiger partial charge in [0, 0.05) is 32.1 Å². The van der Waals surface area contributed by atoms with E-state index in [4.69, 9.17) is 0 Å². The molecule has 1 N–H and O–H groups in total. The van der Waals surface area contributed by atoms with Gasteiger partial charge in [-0.2, -0.15) is 0 Å². The number of carbonyl (C=O) groups excluding carboxylic acids is 1. The molecule has 0 heterocycles. The molecule has 0 aliphatic rings. The van der Waals surface area contributed by atoms with Crippen molar-refractivity contribution in [2.24, 2.45) is 0 Å². The minimum atomic E-state index is 0.273. The molecule has 1 amide bonds. The number of rotatable bonds is 11. The molecule has 0 saturated carbocycles. The topological polar surface area (TPSA) is 35.6 Å². The minimum absolute atomic E-state index is 0.273. The highest BCUT2D eigenvalue weighted by molar-refractivity contribution is 5.76. The molecule has 114 valence electrons. The van der Waals surface area contributed by atoms with E-state index in [9.17, 15) is 4.79 Å². The maximum absolute atomic E-state index is 12.0. The fraction of sp³-hybridized carbons (Fsp3) is 0.933. The summed E-state index contributed by atoms with van der Waals surface area (Å²) in [5, 5.41) is 3.29. The minimum Gasteiger partial charge on any atom is -0.343 e. The van der Waals surface area contributed by atoms with E-state index >= 15 is 0 Å². The Morgan fingerprint density at radius 1 is 1.05 bits per heavy atom. The van der Waals surface area contributed by atoms with E-state index in [-0.39, 0.29) is 5.91 Å². The Morgan fingerprint density at radius 3 is 2.16 bits per heavy atom. The molecule has 0 spiro atoms. The highest BCUT2D eigenvalue weighted by Gasteiger charge is 2.11. The third kappa shape index (κ3) is 9.00. The van der Waals surface area contributed by atoms with Gasteiger partial charge >= 0.3 is 0 Å². The summed E-state index contributed by atoms with van der Waals surface area (Å²) < 4.78 is 0. The Morgan fingerprint density at radius 2 is 1.68 bits per heavy atom. The van der Waals surface area contributed by atoms with Crippen LogP contribution in [0.1, 0.15) is 47.5 Å². The zero-order chi connectivity index (χ0) is 14.7. The molecule has 0 aromatic heterocycles. The van der Waals surface area contributed by atoms with Crippen LogP contribution in [-0.4, -0.2) is 61.0 Å². The summed E-state index contributed by atoms with van der Waals surface area (Å²) in [6, 6.07) is 0.450. The summed E-state index contributed by atoms with van der Waals surface area (Å²) in [4.78, 5) is 16.4. The van der Waals surface area contributed by atoms with E-state index < -0.39 is 0 Å². The third-order valence-electron chi connectivity index (χ3n) is 3.42. The predicted octanol–water partition coefficient (Wildman–Crippen LogP) is 1.95. The van der Waals surface area contributed by atoms with Crippen LogP contribution in [0.5, 0.6) is 0 Å². The lowest BCUT2D eigenvalue weighted by Crippen LogP contribution is -2.36. The van der Waals surface area contributed by atoms with Crippen molar-refractivity contribution in [1.82, 2.24) is 15.1 Å². The second-order valence-corrected chi connectivity index (χ2v) is 5.21. The molecular weight excluding hydrogens is 238 g/mol. The van der Waals surface area contributed by atoms with Crippen molar-refractivity contribution in [2.45, 2.75) is 53.5 Å². The molecule has 0 saturated heterocycles. The normalized spacial score (nSPS) is 11.3. The SMILES string of the molecule is CCN(CC)CCCN(CC)C(=O)CCNC(C)C. The summed E-state index contributed by atoms with van der Waals surface area (Å²) in [5.41, 5.74) is 0. The van der Waals surface area contributed by atoms with Crippen LogP contribution in [-0.2, 0) is 4.79 Å². The van der Waals surface area contributed by atoms with Crippen LogP contribution in [0.3, 0.4) is 0 Å². The van der Waals surface area contributed by atoms with Crippen LogP contribution < -0.4 is 5.32 Å². The van der Waals surface area contributed by atoms with Gasteiger partial charge in [0.25, 0.3) is 0 Å².